The second-order valence-electron chi connectivity index (χ2n) is 9.65. The molecule has 0 unspecified atom stereocenters. The average Bonchev–Trinajstić information content (AvgIpc) is 3.47. The van der Waals surface area contributed by atoms with Crippen LogP contribution in [0.5, 0.6) is 0 Å². The van der Waals surface area contributed by atoms with Gasteiger partial charge in [-0.05, 0) is 63.6 Å². The van der Waals surface area contributed by atoms with Gasteiger partial charge in [0, 0.05) is 43.2 Å². The molecule has 1 saturated carbocycles. The molecular formula is C23H33N7O. The highest BCUT2D eigenvalue weighted by molar-refractivity contribution is 5.92. The minimum Gasteiger partial charge on any atom is -0.379 e. The van der Waals surface area contributed by atoms with E-state index in [0.29, 0.717) is 5.92 Å². The number of rotatable bonds is 4. The summed E-state index contributed by atoms with van der Waals surface area (Å²) in [6, 6.07) is 2.87. The topological polar surface area (TPSA) is 74.6 Å². The van der Waals surface area contributed by atoms with Crippen molar-refractivity contribution in [1.29, 1.82) is 0 Å². The number of morpholine rings is 1. The molecule has 8 nitrogen and oxygen atoms in total. The molecule has 3 fully saturated rings. The van der Waals surface area contributed by atoms with Crippen molar-refractivity contribution < 1.29 is 4.74 Å². The summed E-state index contributed by atoms with van der Waals surface area (Å²) < 4.78 is 7.37. The van der Waals surface area contributed by atoms with E-state index in [1.165, 1.54) is 58.2 Å². The molecule has 166 valence electrons. The Balaban J connectivity index is 1.04. The second-order valence-corrected chi connectivity index (χ2v) is 9.65. The summed E-state index contributed by atoms with van der Waals surface area (Å²) >= 11 is 0. The summed E-state index contributed by atoms with van der Waals surface area (Å²) in [6.45, 7) is 7.87. The molecule has 2 saturated heterocycles. The molecule has 1 N–H and O–H groups in total. The third-order valence-corrected chi connectivity index (χ3v) is 7.87. The van der Waals surface area contributed by atoms with Crippen LogP contribution in [0, 0.1) is 5.92 Å². The Bertz CT molecular complexity index is 1010. The number of hydrogen-bond acceptors (Lipinski definition) is 6. The highest BCUT2D eigenvalue weighted by Gasteiger charge is 2.30. The van der Waals surface area contributed by atoms with E-state index < -0.39 is 0 Å². The van der Waals surface area contributed by atoms with Crippen LogP contribution in [0.4, 0.5) is 0 Å². The Morgan fingerprint density at radius 3 is 2.61 bits per heavy atom. The summed E-state index contributed by atoms with van der Waals surface area (Å²) in [6.07, 6.45) is 11.4. The molecule has 1 aliphatic carbocycles. The smallest absolute Gasteiger partial charge is 0.141 e. The van der Waals surface area contributed by atoms with E-state index in [9.17, 15) is 0 Å². The van der Waals surface area contributed by atoms with Gasteiger partial charge in [0.2, 0.25) is 0 Å². The fourth-order valence-corrected chi connectivity index (χ4v) is 6.09. The summed E-state index contributed by atoms with van der Waals surface area (Å²) in [5.41, 5.74) is 3.22. The zero-order valence-electron chi connectivity index (χ0n) is 18.2. The molecule has 0 atom stereocenters. The predicted molar refractivity (Wildman–Crippen MR) is 119 cm³/mol. The summed E-state index contributed by atoms with van der Waals surface area (Å²) in [5, 5.41) is 10.1. The number of nitrogens with one attached hydrogen (secondary N) is 1. The Kier molecular flexibility index (Phi) is 5.37. The molecule has 5 heterocycles. The van der Waals surface area contributed by atoms with Crippen LogP contribution < -0.4 is 0 Å². The summed E-state index contributed by atoms with van der Waals surface area (Å²) in [5.74, 6) is 1.34. The van der Waals surface area contributed by atoms with Gasteiger partial charge in [0.25, 0.3) is 0 Å². The van der Waals surface area contributed by atoms with Gasteiger partial charge in [0.15, 0.2) is 0 Å². The first-order chi connectivity index (χ1) is 15.3. The van der Waals surface area contributed by atoms with Crippen molar-refractivity contribution in [2.24, 2.45) is 5.92 Å². The Morgan fingerprint density at radius 1 is 1.00 bits per heavy atom. The molecule has 3 aliphatic rings. The zero-order chi connectivity index (χ0) is 20.6. The van der Waals surface area contributed by atoms with Crippen LogP contribution in [-0.4, -0.2) is 86.6 Å². The van der Waals surface area contributed by atoms with Crippen LogP contribution in [0.1, 0.15) is 50.1 Å². The second kappa shape index (κ2) is 8.48. The molecule has 0 spiro atoms. The number of piperidine rings is 1. The van der Waals surface area contributed by atoms with Crippen LogP contribution >= 0.6 is 0 Å². The van der Waals surface area contributed by atoms with Crippen molar-refractivity contribution in [3.63, 3.8) is 0 Å². The van der Waals surface area contributed by atoms with E-state index in [1.807, 2.05) is 10.7 Å². The number of H-pyrrole nitrogens is 1. The van der Waals surface area contributed by atoms with Crippen LogP contribution in [0.2, 0.25) is 0 Å². The van der Waals surface area contributed by atoms with E-state index in [0.717, 1.165) is 60.5 Å². The molecule has 0 radical (unpaired) electrons. The average molecular weight is 424 g/mol. The van der Waals surface area contributed by atoms with Crippen molar-refractivity contribution >= 4 is 16.6 Å². The van der Waals surface area contributed by atoms with Crippen LogP contribution in [0.25, 0.3) is 16.6 Å². The highest BCUT2D eigenvalue weighted by Crippen LogP contribution is 2.38. The standard InChI is InChI=1S/C23H33N7O/c1-3-18(21-22-20-5-8-24-23(20)25-16-30(22)27-26-21)4-2-17(1)15-28-9-6-19(7-10-28)29-11-13-31-14-12-29/h5,8,16-19,24H,1-4,6-7,9-15H2. The molecule has 6 rings (SSSR count). The Morgan fingerprint density at radius 2 is 1.81 bits per heavy atom. The fraction of sp³-hybridized carbons (Fsp3) is 0.696. The Hall–Kier alpha value is -2.03. The van der Waals surface area contributed by atoms with Gasteiger partial charge in [-0.3, -0.25) is 4.90 Å². The largest absolute Gasteiger partial charge is 0.379 e. The first kappa shape index (κ1) is 19.6. The molecule has 3 aromatic rings. The zero-order valence-corrected chi connectivity index (χ0v) is 18.2. The lowest BCUT2D eigenvalue weighted by atomic mass is 9.79. The van der Waals surface area contributed by atoms with Crippen molar-refractivity contribution in [3.8, 4) is 0 Å². The molecule has 0 bridgehead atoms. The summed E-state index contributed by atoms with van der Waals surface area (Å²) in [7, 11) is 0. The van der Waals surface area contributed by atoms with Crippen molar-refractivity contribution in [3.05, 3.63) is 24.3 Å². The van der Waals surface area contributed by atoms with E-state index in [-0.39, 0.29) is 0 Å². The number of ether oxygens (including phenoxy) is 1. The third-order valence-electron chi connectivity index (χ3n) is 7.87. The maximum absolute atomic E-state index is 5.52. The van der Waals surface area contributed by atoms with E-state index >= 15 is 0 Å². The van der Waals surface area contributed by atoms with Gasteiger partial charge in [-0.25, -0.2) is 9.50 Å². The van der Waals surface area contributed by atoms with Gasteiger partial charge >= 0.3 is 0 Å². The molecule has 2 aliphatic heterocycles. The maximum atomic E-state index is 5.52. The maximum Gasteiger partial charge on any atom is 0.141 e. The fourth-order valence-electron chi connectivity index (χ4n) is 6.09. The number of likely N-dealkylation sites (tertiary alicyclic amines) is 1. The minimum atomic E-state index is 0.515. The Labute approximate surface area is 182 Å². The SMILES string of the molecule is c1cc2c(ncn3nnc(C4CCC(CN5CCC(N6CCOCC6)CC5)CC4)c23)[nH]1. The van der Waals surface area contributed by atoms with E-state index in [4.69, 9.17) is 4.74 Å². The van der Waals surface area contributed by atoms with Gasteiger partial charge < -0.3 is 14.6 Å². The quantitative estimate of drug-likeness (QED) is 0.696. The van der Waals surface area contributed by atoms with Gasteiger partial charge in [-0.15, -0.1) is 5.10 Å². The van der Waals surface area contributed by atoms with Crippen molar-refractivity contribution in [2.45, 2.75) is 50.5 Å². The first-order valence-electron chi connectivity index (χ1n) is 12.1. The third kappa shape index (κ3) is 3.85. The predicted octanol–water partition coefficient (Wildman–Crippen LogP) is 2.68. The number of fused-ring (bicyclic) bond motifs is 3. The number of aromatic amines is 1. The lowest BCUT2D eigenvalue weighted by Crippen LogP contribution is -2.49. The number of aromatic nitrogens is 5. The molecule has 0 aromatic carbocycles. The van der Waals surface area contributed by atoms with Gasteiger partial charge in [0.1, 0.15) is 17.5 Å². The molecule has 3 aromatic heterocycles. The van der Waals surface area contributed by atoms with Crippen LogP contribution in [0.15, 0.2) is 18.6 Å². The van der Waals surface area contributed by atoms with Crippen LogP contribution in [0.3, 0.4) is 0 Å². The molecule has 0 amide bonds. The highest BCUT2D eigenvalue weighted by atomic mass is 16.5. The lowest BCUT2D eigenvalue weighted by molar-refractivity contribution is -0.000841. The van der Waals surface area contributed by atoms with E-state index in [1.54, 1.807) is 6.33 Å². The molecule has 31 heavy (non-hydrogen) atoms. The van der Waals surface area contributed by atoms with Crippen molar-refractivity contribution in [2.75, 3.05) is 45.9 Å². The van der Waals surface area contributed by atoms with Crippen molar-refractivity contribution in [1.82, 2.24) is 34.6 Å². The van der Waals surface area contributed by atoms with Gasteiger partial charge in [-0.2, -0.15) is 0 Å². The lowest BCUT2D eigenvalue weighted by Gasteiger charge is -2.41. The normalized spacial score (nSPS) is 27.4. The monoisotopic (exact) mass is 423 g/mol. The number of nitrogens with zero attached hydrogens (tertiary/aromatic N) is 6. The van der Waals surface area contributed by atoms with Gasteiger partial charge in [-0.1, -0.05) is 5.21 Å². The molecular weight excluding hydrogens is 390 g/mol. The summed E-state index contributed by atoms with van der Waals surface area (Å²) in [4.78, 5) is 13.0. The molecule has 8 heteroatoms. The van der Waals surface area contributed by atoms with Crippen LogP contribution in [-0.2, 0) is 4.74 Å². The van der Waals surface area contributed by atoms with Gasteiger partial charge in [0.05, 0.1) is 18.9 Å². The van der Waals surface area contributed by atoms with E-state index in [2.05, 4.69) is 36.1 Å². The minimum absolute atomic E-state index is 0.515. The first-order valence-corrected chi connectivity index (χ1v) is 12.1. The number of hydrogen-bond donors (Lipinski definition) is 1.